The Labute approximate surface area is 182 Å². The normalized spacial score (nSPS) is 11.0. The number of benzene rings is 4. The fraction of sp³-hybridized carbons (Fsp3) is 0. The van der Waals surface area contributed by atoms with Gasteiger partial charge < -0.3 is 9.15 Å². The molecule has 0 unspecified atom stereocenters. The first kappa shape index (κ1) is 19.1. The van der Waals surface area contributed by atoms with Crippen molar-refractivity contribution in [3.8, 4) is 16.9 Å². The van der Waals surface area contributed by atoms with Crippen LogP contribution in [0, 0.1) is 0 Å². The quantitative estimate of drug-likeness (QED) is 0.244. The van der Waals surface area contributed by atoms with Crippen molar-refractivity contribution in [2.24, 2.45) is 0 Å². The maximum absolute atomic E-state index is 13.0. The van der Waals surface area contributed by atoms with Crippen LogP contribution in [-0.4, -0.2) is 5.97 Å². The van der Waals surface area contributed by atoms with E-state index in [9.17, 15) is 9.59 Å². The molecule has 0 saturated carbocycles. The molecule has 0 aliphatic carbocycles. The summed E-state index contributed by atoms with van der Waals surface area (Å²) >= 11 is 6.23. The van der Waals surface area contributed by atoms with Crippen LogP contribution in [0.15, 0.2) is 100 Å². The molecule has 0 N–H and O–H groups in total. The summed E-state index contributed by atoms with van der Waals surface area (Å²) in [6.45, 7) is 0. The molecule has 4 aromatic carbocycles. The van der Waals surface area contributed by atoms with E-state index < -0.39 is 5.97 Å². The molecule has 5 rings (SSSR count). The minimum absolute atomic E-state index is 0.207. The standard InChI is InChI=1S/C26H15ClO4/c27-23-11-4-3-9-19(23)22-15-30-24-14-17(12-13-21(24)25(22)28)31-26(29)20-10-5-7-16-6-1-2-8-18(16)20/h1-15H. The summed E-state index contributed by atoms with van der Waals surface area (Å²) in [5.74, 6) is -0.190. The molecule has 5 aromatic rings. The van der Waals surface area contributed by atoms with Crippen LogP contribution in [0.3, 0.4) is 0 Å². The molecular weight excluding hydrogens is 412 g/mol. The van der Waals surface area contributed by atoms with Crippen LogP contribution in [0.1, 0.15) is 10.4 Å². The van der Waals surface area contributed by atoms with Gasteiger partial charge in [0.15, 0.2) is 0 Å². The van der Waals surface area contributed by atoms with Crippen molar-refractivity contribution in [3.05, 3.63) is 112 Å². The summed E-state index contributed by atoms with van der Waals surface area (Å²) in [4.78, 5) is 25.7. The van der Waals surface area contributed by atoms with E-state index in [2.05, 4.69) is 0 Å². The third kappa shape index (κ3) is 3.47. The topological polar surface area (TPSA) is 56.5 Å². The summed E-state index contributed by atoms with van der Waals surface area (Å²) in [6, 6.07) is 24.9. The SMILES string of the molecule is O=C(Oc1ccc2c(=O)c(-c3ccccc3Cl)coc2c1)c1cccc2ccccc12. The zero-order valence-electron chi connectivity index (χ0n) is 16.2. The van der Waals surface area contributed by atoms with Gasteiger partial charge in [0.1, 0.15) is 17.6 Å². The summed E-state index contributed by atoms with van der Waals surface area (Å²) in [5.41, 5.74) is 1.56. The van der Waals surface area contributed by atoms with E-state index in [0.29, 0.717) is 38.4 Å². The monoisotopic (exact) mass is 426 g/mol. The molecular formula is C26H15ClO4. The molecule has 1 heterocycles. The van der Waals surface area contributed by atoms with Crippen LogP contribution < -0.4 is 10.2 Å². The molecule has 0 radical (unpaired) electrons. The minimum Gasteiger partial charge on any atom is -0.463 e. The summed E-state index contributed by atoms with van der Waals surface area (Å²) in [5, 5.41) is 2.61. The zero-order chi connectivity index (χ0) is 21.4. The molecule has 0 saturated heterocycles. The van der Waals surface area contributed by atoms with Crippen LogP contribution in [-0.2, 0) is 0 Å². The molecule has 0 aliphatic heterocycles. The average molecular weight is 427 g/mol. The van der Waals surface area contributed by atoms with Crippen molar-refractivity contribution in [2.45, 2.75) is 0 Å². The summed E-state index contributed by atoms with van der Waals surface area (Å²) in [6.07, 6.45) is 1.38. The maximum atomic E-state index is 13.0. The molecule has 4 nitrogen and oxygen atoms in total. The van der Waals surface area contributed by atoms with Gasteiger partial charge in [-0.25, -0.2) is 4.79 Å². The molecule has 0 spiro atoms. The third-order valence-corrected chi connectivity index (χ3v) is 5.46. The Morgan fingerprint density at radius 2 is 1.58 bits per heavy atom. The van der Waals surface area contributed by atoms with E-state index in [-0.39, 0.29) is 5.43 Å². The van der Waals surface area contributed by atoms with Gasteiger partial charge in [0.05, 0.1) is 16.5 Å². The van der Waals surface area contributed by atoms with Crippen molar-refractivity contribution < 1.29 is 13.9 Å². The molecule has 0 fully saturated rings. The molecule has 0 amide bonds. The van der Waals surface area contributed by atoms with E-state index in [1.807, 2.05) is 36.4 Å². The second-order valence-electron chi connectivity index (χ2n) is 7.03. The number of carbonyl (C=O) groups is 1. The highest BCUT2D eigenvalue weighted by atomic mass is 35.5. The van der Waals surface area contributed by atoms with Gasteiger partial charge in [0.25, 0.3) is 0 Å². The van der Waals surface area contributed by atoms with Gasteiger partial charge in [-0.2, -0.15) is 0 Å². The maximum Gasteiger partial charge on any atom is 0.344 e. The van der Waals surface area contributed by atoms with E-state index in [1.54, 1.807) is 42.5 Å². The van der Waals surface area contributed by atoms with Crippen LogP contribution in [0.5, 0.6) is 5.75 Å². The first-order valence-electron chi connectivity index (χ1n) is 9.62. The fourth-order valence-electron chi connectivity index (χ4n) is 3.60. The van der Waals surface area contributed by atoms with Gasteiger partial charge in [-0.05, 0) is 35.0 Å². The number of carbonyl (C=O) groups excluding carboxylic acids is 1. The Morgan fingerprint density at radius 1 is 0.806 bits per heavy atom. The smallest absolute Gasteiger partial charge is 0.344 e. The lowest BCUT2D eigenvalue weighted by Gasteiger charge is -2.08. The number of fused-ring (bicyclic) bond motifs is 2. The number of esters is 1. The number of rotatable bonds is 3. The Morgan fingerprint density at radius 3 is 2.45 bits per heavy atom. The van der Waals surface area contributed by atoms with E-state index in [4.69, 9.17) is 20.8 Å². The molecule has 1 aromatic heterocycles. The highest BCUT2D eigenvalue weighted by Gasteiger charge is 2.15. The molecule has 0 aliphatic rings. The van der Waals surface area contributed by atoms with Crippen molar-refractivity contribution in [3.63, 3.8) is 0 Å². The number of hydrogen-bond acceptors (Lipinski definition) is 4. The van der Waals surface area contributed by atoms with E-state index >= 15 is 0 Å². The van der Waals surface area contributed by atoms with Crippen LogP contribution in [0.4, 0.5) is 0 Å². The summed E-state index contributed by atoms with van der Waals surface area (Å²) < 4.78 is 11.2. The van der Waals surface area contributed by atoms with E-state index in [1.165, 1.54) is 12.3 Å². The second-order valence-corrected chi connectivity index (χ2v) is 7.44. The number of ether oxygens (including phenoxy) is 1. The highest BCUT2D eigenvalue weighted by Crippen LogP contribution is 2.28. The number of halogens is 1. The Kier molecular flexibility index (Phi) is 4.77. The second kappa shape index (κ2) is 7.74. The van der Waals surface area contributed by atoms with Gasteiger partial charge in [0.2, 0.25) is 5.43 Å². The molecule has 0 bridgehead atoms. The van der Waals surface area contributed by atoms with Crippen molar-refractivity contribution in [1.82, 2.24) is 0 Å². The fourth-order valence-corrected chi connectivity index (χ4v) is 3.84. The van der Waals surface area contributed by atoms with Crippen LogP contribution in [0.2, 0.25) is 5.02 Å². The molecule has 31 heavy (non-hydrogen) atoms. The highest BCUT2D eigenvalue weighted by molar-refractivity contribution is 6.33. The Hall–Kier alpha value is -3.89. The van der Waals surface area contributed by atoms with Crippen LogP contribution in [0.25, 0.3) is 32.9 Å². The molecule has 150 valence electrons. The lowest BCUT2D eigenvalue weighted by Crippen LogP contribution is -2.10. The Bertz CT molecular complexity index is 1510. The lowest BCUT2D eigenvalue weighted by atomic mass is 10.0. The predicted molar refractivity (Wildman–Crippen MR) is 122 cm³/mol. The predicted octanol–water partition coefficient (Wildman–Crippen LogP) is 6.49. The first-order chi connectivity index (χ1) is 15.1. The number of hydrogen-bond donors (Lipinski definition) is 0. The third-order valence-electron chi connectivity index (χ3n) is 5.13. The zero-order valence-corrected chi connectivity index (χ0v) is 16.9. The van der Waals surface area contributed by atoms with Crippen molar-refractivity contribution >= 4 is 39.3 Å². The summed E-state index contributed by atoms with van der Waals surface area (Å²) in [7, 11) is 0. The van der Waals surface area contributed by atoms with E-state index in [0.717, 1.165) is 10.8 Å². The van der Waals surface area contributed by atoms with Gasteiger partial charge in [0, 0.05) is 16.7 Å². The lowest BCUT2D eigenvalue weighted by molar-refractivity contribution is 0.0737. The van der Waals surface area contributed by atoms with Gasteiger partial charge in [-0.3, -0.25) is 4.79 Å². The first-order valence-corrected chi connectivity index (χ1v) is 10.00. The molecule has 5 heteroatoms. The minimum atomic E-state index is -0.480. The Balaban J connectivity index is 1.51. The van der Waals surface area contributed by atoms with Gasteiger partial charge in [-0.15, -0.1) is 0 Å². The van der Waals surface area contributed by atoms with Crippen LogP contribution >= 0.6 is 11.6 Å². The van der Waals surface area contributed by atoms with Gasteiger partial charge in [-0.1, -0.05) is 66.2 Å². The van der Waals surface area contributed by atoms with Gasteiger partial charge >= 0.3 is 5.97 Å². The van der Waals surface area contributed by atoms with Crippen molar-refractivity contribution in [2.75, 3.05) is 0 Å². The van der Waals surface area contributed by atoms with Crippen molar-refractivity contribution in [1.29, 1.82) is 0 Å². The molecule has 0 atom stereocenters. The largest absolute Gasteiger partial charge is 0.463 e. The average Bonchev–Trinajstić information content (AvgIpc) is 2.79.